The van der Waals surface area contributed by atoms with Gasteiger partial charge in [-0.05, 0) is 0 Å². The Bertz CT molecular complexity index is 399. The Morgan fingerprint density at radius 2 is 0.966 bits per heavy atom. The van der Waals surface area contributed by atoms with E-state index >= 15 is 0 Å². The van der Waals surface area contributed by atoms with Crippen LogP contribution in [-0.2, 0) is 15.7 Å². The predicted octanol–water partition coefficient (Wildman–Crippen LogP) is 7.55. The van der Waals surface area contributed by atoms with E-state index < -0.39 is 19.2 Å². The van der Waals surface area contributed by atoms with Crippen LogP contribution in [0, 0.1) is 11.8 Å². The molecule has 0 aliphatic carbocycles. The molecule has 0 spiro atoms. The molecule has 172 valence electrons. The van der Waals surface area contributed by atoms with Gasteiger partial charge in [0.15, 0.2) is 0 Å². The summed E-state index contributed by atoms with van der Waals surface area (Å²) in [6, 6.07) is 0. The van der Waals surface area contributed by atoms with Crippen LogP contribution in [0.4, 0.5) is 0 Å². The van der Waals surface area contributed by atoms with Crippen molar-refractivity contribution >= 4 is 31.1 Å². The van der Waals surface area contributed by atoms with Crippen molar-refractivity contribution in [1.82, 2.24) is 0 Å². The topological polar surface area (TPSA) is 52.6 Å². The third kappa shape index (κ3) is 11.6. The van der Waals surface area contributed by atoms with Crippen LogP contribution < -0.4 is 0 Å². The Hall–Kier alpha value is -0.261. The second-order valence-corrected chi connectivity index (χ2v) is 17.7. The summed E-state index contributed by atoms with van der Waals surface area (Å²) in [5.74, 6) is -0.318. The summed E-state index contributed by atoms with van der Waals surface area (Å²) in [6.07, 6.45) is 11.6. The van der Waals surface area contributed by atoms with Crippen molar-refractivity contribution in [1.29, 1.82) is 0 Å². The SMILES string of the molecule is CCCC[C@@H](CC)C(=O)[O][Sn]([CH2]CCC)([CH2]CCC)[O]C(=O)[C@@H](CC)CCCC. The van der Waals surface area contributed by atoms with Gasteiger partial charge in [0.25, 0.3) is 0 Å². The molecular weight excluding hydrogens is 471 g/mol. The molecule has 0 aromatic rings. The third-order valence-electron chi connectivity index (χ3n) is 5.86. The second-order valence-electron chi connectivity index (χ2n) is 8.45. The van der Waals surface area contributed by atoms with E-state index in [2.05, 4.69) is 41.5 Å². The van der Waals surface area contributed by atoms with Crippen molar-refractivity contribution in [2.24, 2.45) is 11.8 Å². The molecule has 0 aliphatic rings. The first-order chi connectivity index (χ1) is 13.9. The van der Waals surface area contributed by atoms with Gasteiger partial charge in [-0.3, -0.25) is 0 Å². The van der Waals surface area contributed by atoms with Crippen LogP contribution >= 0.6 is 0 Å². The molecule has 0 rings (SSSR count). The van der Waals surface area contributed by atoms with Crippen LogP contribution in [0.1, 0.15) is 119 Å². The molecule has 0 aliphatic heterocycles. The first kappa shape index (κ1) is 28.7. The Morgan fingerprint density at radius 3 is 1.24 bits per heavy atom. The maximum atomic E-state index is 13.1. The second kappa shape index (κ2) is 17.4. The minimum absolute atomic E-state index is 0.0601. The van der Waals surface area contributed by atoms with Crippen molar-refractivity contribution in [3.05, 3.63) is 0 Å². The van der Waals surface area contributed by atoms with Gasteiger partial charge in [-0.15, -0.1) is 0 Å². The van der Waals surface area contributed by atoms with Crippen molar-refractivity contribution in [3.63, 3.8) is 0 Å². The summed E-state index contributed by atoms with van der Waals surface area (Å²) in [5, 5.41) is 0. The molecule has 0 fully saturated rings. The molecule has 4 nitrogen and oxygen atoms in total. The van der Waals surface area contributed by atoms with Crippen LogP contribution in [-0.4, -0.2) is 31.1 Å². The number of rotatable bonds is 18. The van der Waals surface area contributed by atoms with E-state index in [1.54, 1.807) is 0 Å². The molecule has 0 saturated heterocycles. The Labute approximate surface area is 185 Å². The van der Waals surface area contributed by atoms with E-state index in [9.17, 15) is 9.59 Å². The molecule has 0 aromatic carbocycles. The Morgan fingerprint density at radius 1 is 0.621 bits per heavy atom. The van der Waals surface area contributed by atoms with Gasteiger partial charge >= 0.3 is 186 Å². The summed E-state index contributed by atoms with van der Waals surface area (Å²) >= 11 is -3.82. The van der Waals surface area contributed by atoms with Gasteiger partial charge in [0.05, 0.1) is 0 Å². The van der Waals surface area contributed by atoms with Gasteiger partial charge in [0, 0.05) is 0 Å². The van der Waals surface area contributed by atoms with E-state index in [4.69, 9.17) is 6.15 Å². The standard InChI is InChI=1S/2C8H16O2.2C4H9.Sn/c2*1-3-5-6-7(4-2)8(9)10;2*1-3-4-2;/h2*7H,3-6H2,1-2H3,(H,9,10);2*1,3-4H2,2H3;/q;;;;+2/p-2/t2*7-;;;/m10.../s1. The van der Waals surface area contributed by atoms with Gasteiger partial charge in [-0.2, -0.15) is 0 Å². The molecule has 0 N–H and O–H groups in total. The zero-order chi connectivity index (χ0) is 22.1. The predicted molar refractivity (Wildman–Crippen MR) is 124 cm³/mol. The molecule has 0 heterocycles. The summed E-state index contributed by atoms with van der Waals surface area (Å²) < 4.78 is 14.2. The zero-order valence-corrected chi connectivity index (χ0v) is 23.0. The Balaban J connectivity index is 5.53. The number of carbonyl (C=O) groups excluding carboxylic acids is 2. The van der Waals surface area contributed by atoms with Crippen molar-refractivity contribution < 1.29 is 15.7 Å². The first-order valence-electron chi connectivity index (χ1n) is 12.4. The quantitative estimate of drug-likeness (QED) is 0.176. The zero-order valence-electron chi connectivity index (χ0n) is 20.2. The van der Waals surface area contributed by atoms with Gasteiger partial charge in [0.1, 0.15) is 0 Å². The molecule has 2 atom stereocenters. The number of carbonyl (C=O) groups is 2. The van der Waals surface area contributed by atoms with Gasteiger partial charge in [-0.1, -0.05) is 0 Å². The van der Waals surface area contributed by atoms with Gasteiger partial charge in [0.2, 0.25) is 0 Å². The van der Waals surface area contributed by atoms with Crippen LogP contribution in [0.3, 0.4) is 0 Å². The van der Waals surface area contributed by atoms with E-state index in [-0.39, 0.29) is 23.8 Å². The average molecular weight is 519 g/mol. The molecule has 29 heavy (non-hydrogen) atoms. The van der Waals surface area contributed by atoms with E-state index in [1.165, 1.54) is 0 Å². The maximum absolute atomic E-state index is 13.1. The van der Waals surface area contributed by atoms with Crippen molar-refractivity contribution in [2.45, 2.75) is 127 Å². The van der Waals surface area contributed by atoms with Crippen LogP contribution in [0.5, 0.6) is 0 Å². The van der Waals surface area contributed by atoms with E-state index in [0.29, 0.717) is 0 Å². The van der Waals surface area contributed by atoms with E-state index in [1.807, 2.05) is 0 Å². The van der Waals surface area contributed by atoms with Crippen molar-refractivity contribution in [3.8, 4) is 0 Å². The molecule has 5 heteroatoms. The first-order valence-corrected chi connectivity index (χ1v) is 18.8. The fourth-order valence-electron chi connectivity index (χ4n) is 3.65. The number of unbranched alkanes of at least 4 members (excludes halogenated alkanes) is 4. The van der Waals surface area contributed by atoms with E-state index in [0.717, 1.165) is 85.9 Å². The summed E-state index contributed by atoms with van der Waals surface area (Å²) in [6.45, 7) is 12.7. The third-order valence-corrected chi connectivity index (χ3v) is 15.5. The van der Waals surface area contributed by atoms with Gasteiger partial charge in [-0.25, -0.2) is 0 Å². The molecule has 0 bridgehead atoms. The normalized spacial score (nSPS) is 13.7. The van der Waals surface area contributed by atoms with Crippen molar-refractivity contribution in [2.75, 3.05) is 0 Å². The molecule has 0 amide bonds. The van der Waals surface area contributed by atoms with Crippen LogP contribution in [0.2, 0.25) is 8.87 Å². The monoisotopic (exact) mass is 520 g/mol. The molecular formula is C24H48O4Sn. The summed E-state index contributed by atoms with van der Waals surface area (Å²) in [4.78, 5) is 26.1. The van der Waals surface area contributed by atoms with Crippen LogP contribution in [0.15, 0.2) is 0 Å². The summed E-state index contributed by atoms with van der Waals surface area (Å²) in [5.41, 5.74) is 0. The summed E-state index contributed by atoms with van der Waals surface area (Å²) in [7, 11) is 0. The molecule has 0 unspecified atom stereocenters. The molecule has 0 radical (unpaired) electrons. The number of hydrogen-bond acceptors (Lipinski definition) is 4. The van der Waals surface area contributed by atoms with Crippen LogP contribution in [0.25, 0.3) is 0 Å². The number of hydrogen-bond donors (Lipinski definition) is 0. The minimum atomic E-state index is -3.82. The Kier molecular flexibility index (Phi) is 17.3. The molecule has 0 aromatic heterocycles. The fourth-order valence-corrected chi connectivity index (χ4v) is 13.8. The molecule has 0 saturated carbocycles. The van der Waals surface area contributed by atoms with Gasteiger partial charge < -0.3 is 0 Å². The average Bonchev–Trinajstić information content (AvgIpc) is 2.71. The fraction of sp³-hybridized carbons (Fsp3) is 0.917.